The largest absolute Gasteiger partial charge is 0.310 e. The van der Waals surface area contributed by atoms with Gasteiger partial charge >= 0.3 is 0 Å². The third kappa shape index (κ3) is 1.52. The minimum absolute atomic E-state index is 0.819. The van der Waals surface area contributed by atoms with Crippen molar-refractivity contribution in [2.24, 2.45) is 17.8 Å². The van der Waals surface area contributed by atoms with Gasteiger partial charge in [-0.3, -0.25) is 0 Å². The van der Waals surface area contributed by atoms with Gasteiger partial charge in [-0.25, -0.2) is 0 Å². The predicted molar refractivity (Wildman–Crippen MR) is 59.1 cm³/mol. The first kappa shape index (κ1) is 8.96. The molecular weight excluding hydrogens is 170 g/mol. The van der Waals surface area contributed by atoms with Crippen LogP contribution < -0.4 is 5.32 Å². The van der Waals surface area contributed by atoms with E-state index in [1.807, 2.05) is 0 Å². The lowest BCUT2D eigenvalue weighted by Gasteiger charge is -2.44. The molecule has 2 fully saturated rings. The fourth-order valence-electron chi connectivity index (χ4n) is 3.83. The van der Waals surface area contributed by atoms with Gasteiger partial charge in [0.05, 0.1) is 0 Å². The molecule has 1 heterocycles. The van der Waals surface area contributed by atoms with E-state index in [1.54, 1.807) is 0 Å². The van der Waals surface area contributed by atoms with E-state index in [-0.39, 0.29) is 0 Å². The zero-order valence-electron chi connectivity index (χ0n) is 8.91. The summed E-state index contributed by atoms with van der Waals surface area (Å²) >= 11 is 0. The molecule has 0 aromatic carbocycles. The second-order valence-corrected chi connectivity index (χ2v) is 5.38. The van der Waals surface area contributed by atoms with Gasteiger partial charge in [0, 0.05) is 12.6 Å². The van der Waals surface area contributed by atoms with Gasteiger partial charge in [0.15, 0.2) is 0 Å². The van der Waals surface area contributed by atoms with Crippen LogP contribution in [0, 0.1) is 17.8 Å². The SMILES string of the molecule is C1=CC2CC3CCCCC3CC2NC1. The highest BCUT2D eigenvalue weighted by Gasteiger charge is 2.37. The molecule has 0 amide bonds. The molecule has 0 aromatic rings. The van der Waals surface area contributed by atoms with Gasteiger partial charge in [-0.1, -0.05) is 37.8 Å². The van der Waals surface area contributed by atoms with Crippen LogP contribution in [-0.2, 0) is 0 Å². The summed E-state index contributed by atoms with van der Waals surface area (Å²) < 4.78 is 0. The van der Waals surface area contributed by atoms with E-state index in [4.69, 9.17) is 0 Å². The highest BCUT2D eigenvalue weighted by molar-refractivity contribution is 5.05. The van der Waals surface area contributed by atoms with Gasteiger partial charge < -0.3 is 5.32 Å². The van der Waals surface area contributed by atoms with Crippen LogP contribution in [0.25, 0.3) is 0 Å². The molecule has 1 heteroatoms. The lowest BCUT2D eigenvalue weighted by atomic mass is 9.65. The average Bonchev–Trinajstić information content (AvgIpc) is 2.26. The maximum atomic E-state index is 3.67. The van der Waals surface area contributed by atoms with Crippen molar-refractivity contribution in [1.29, 1.82) is 0 Å². The molecule has 3 rings (SSSR count). The predicted octanol–water partition coefficient (Wildman–Crippen LogP) is 2.73. The number of hydrogen-bond acceptors (Lipinski definition) is 1. The van der Waals surface area contributed by atoms with Gasteiger partial charge in [-0.15, -0.1) is 0 Å². The Bertz CT molecular complexity index is 233. The Hall–Kier alpha value is -0.300. The zero-order valence-corrected chi connectivity index (χ0v) is 8.91. The summed E-state index contributed by atoms with van der Waals surface area (Å²) in [5, 5.41) is 3.67. The Morgan fingerprint density at radius 2 is 1.79 bits per heavy atom. The summed E-state index contributed by atoms with van der Waals surface area (Å²) in [6, 6.07) is 0.819. The standard InChI is InChI=1S/C13H21N/c1-2-5-11-9-13-12(6-3-7-14-13)8-10(11)4-1/h3,6,10-14H,1-2,4-5,7-9H2. The molecule has 1 N–H and O–H groups in total. The van der Waals surface area contributed by atoms with Crippen molar-refractivity contribution in [2.45, 2.75) is 44.6 Å². The quantitative estimate of drug-likeness (QED) is 0.581. The van der Waals surface area contributed by atoms with Crippen molar-refractivity contribution in [1.82, 2.24) is 5.32 Å². The minimum Gasteiger partial charge on any atom is -0.310 e. The second-order valence-electron chi connectivity index (χ2n) is 5.38. The van der Waals surface area contributed by atoms with E-state index in [0.717, 1.165) is 30.3 Å². The third-order valence-electron chi connectivity index (χ3n) is 4.60. The van der Waals surface area contributed by atoms with Crippen molar-refractivity contribution in [3.63, 3.8) is 0 Å². The molecule has 3 aliphatic rings. The molecule has 4 unspecified atom stereocenters. The monoisotopic (exact) mass is 191 g/mol. The lowest BCUT2D eigenvalue weighted by molar-refractivity contribution is 0.113. The molecule has 2 saturated carbocycles. The van der Waals surface area contributed by atoms with E-state index < -0.39 is 0 Å². The fraction of sp³-hybridized carbons (Fsp3) is 0.846. The van der Waals surface area contributed by atoms with Crippen LogP contribution >= 0.6 is 0 Å². The zero-order chi connectivity index (χ0) is 9.38. The molecule has 14 heavy (non-hydrogen) atoms. The van der Waals surface area contributed by atoms with Crippen molar-refractivity contribution in [3.05, 3.63) is 12.2 Å². The van der Waals surface area contributed by atoms with Gasteiger partial charge in [-0.2, -0.15) is 0 Å². The molecule has 4 atom stereocenters. The number of hydrogen-bond donors (Lipinski definition) is 1. The van der Waals surface area contributed by atoms with Crippen molar-refractivity contribution in [3.8, 4) is 0 Å². The van der Waals surface area contributed by atoms with Crippen molar-refractivity contribution in [2.75, 3.05) is 6.54 Å². The summed E-state index contributed by atoms with van der Waals surface area (Å²) in [5.74, 6) is 2.99. The van der Waals surface area contributed by atoms with E-state index >= 15 is 0 Å². The van der Waals surface area contributed by atoms with Gasteiger partial charge in [0.25, 0.3) is 0 Å². The Labute approximate surface area is 87.0 Å². The summed E-state index contributed by atoms with van der Waals surface area (Å²) in [4.78, 5) is 0. The van der Waals surface area contributed by atoms with Crippen LogP contribution in [0.3, 0.4) is 0 Å². The molecule has 0 radical (unpaired) electrons. The van der Waals surface area contributed by atoms with Crippen LogP contribution in [0.4, 0.5) is 0 Å². The van der Waals surface area contributed by atoms with Crippen LogP contribution in [0.5, 0.6) is 0 Å². The van der Waals surface area contributed by atoms with Crippen molar-refractivity contribution < 1.29 is 0 Å². The number of nitrogens with one attached hydrogen (secondary N) is 1. The molecule has 1 aliphatic heterocycles. The van der Waals surface area contributed by atoms with Gasteiger partial charge in [-0.05, 0) is 30.6 Å². The maximum absolute atomic E-state index is 3.67. The Morgan fingerprint density at radius 3 is 2.64 bits per heavy atom. The second kappa shape index (κ2) is 3.69. The molecular formula is C13H21N. The molecule has 0 spiro atoms. The summed E-state index contributed by atoms with van der Waals surface area (Å²) in [5.41, 5.74) is 0. The van der Waals surface area contributed by atoms with Gasteiger partial charge in [0.2, 0.25) is 0 Å². The fourth-order valence-corrected chi connectivity index (χ4v) is 3.83. The van der Waals surface area contributed by atoms with Gasteiger partial charge in [0.1, 0.15) is 0 Å². The van der Waals surface area contributed by atoms with E-state index in [2.05, 4.69) is 17.5 Å². The molecule has 0 bridgehead atoms. The summed E-state index contributed by atoms with van der Waals surface area (Å²) in [7, 11) is 0. The highest BCUT2D eigenvalue weighted by atomic mass is 14.9. The summed E-state index contributed by atoms with van der Waals surface area (Å²) in [6.07, 6.45) is 13.7. The highest BCUT2D eigenvalue weighted by Crippen LogP contribution is 2.43. The Morgan fingerprint density at radius 1 is 1.00 bits per heavy atom. The third-order valence-corrected chi connectivity index (χ3v) is 4.60. The van der Waals surface area contributed by atoms with Crippen LogP contribution in [-0.4, -0.2) is 12.6 Å². The van der Waals surface area contributed by atoms with Crippen LogP contribution in [0.2, 0.25) is 0 Å². The molecule has 78 valence electrons. The molecule has 2 aliphatic carbocycles. The van der Waals surface area contributed by atoms with Crippen molar-refractivity contribution >= 4 is 0 Å². The Kier molecular flexibility index (Phi) is 2.36. The normalized spacial score (nSPS) is 46.9. The lowest BCUT2D eigenvalue weighted by Crippen LogP contribution is -2.46. The van der Waals surface area contributed by atoms with E-state index in [0.29, 0.717) is 0 Å². The topological polar surface area (TPSA) is 12.0 Å². The van der Waals surface area contributed by atoms with Crippen LogP contribution in [0.15, 0.2) is 12.2 Å². The summed E-state index contributed by atoms with van der Waals surface area (Å²) in [6.45, 7) is 1.11. The molecule has 1 nitrogen and oxygen atoms in total. The number of rotatable bonds is 0. The smallest absolute Gasteiger partial charge is 0.0137 e. The Balaban J connectivity index is 1.73. The first-order valence-corrected chi connectivity index (χ1v) is 6.33. The average molecular weight is 191 g/mol. The molecule has 0 aromatic heterocycles. The van der Waals surface area contributed by atoms with E-state index in [1.165, 1.54) is 38.5 Å². The van der Waals surface area contributed by atoms with Crippen LogP contribution in [0.1, 0.15) is 38.5 Å². The maximum Gasteiger partial charge on any atom is 0.0137 e. The molecule has 0 saturated heterocycles. The first-order valence-electron chi connectivity index (χ1n) is 6.33. The number of fused-ring (bicyclic) bond motifs is 2. The van der Waals surface area contributed by atoms with E-state index in [9.17, 15) is 0 Å². The minimum atomic E-state index is 0.819. The first-order chi connectivity index (χ1) is 6.93.